The van der Waals surface area contributed by atoms with E-state index in [0.717, 1.165) is 21.0 Å². The van der Waals surface area contributed by atoms with Crippen LogP contribution >= 0.6 is 11.3 Å². The summed E-state index contributed by atoms with van der Waals surface area (Å²) < 4.78 is 1.11. The van der Waals surface area contributed by atoms with Crippen molar-refractivity contribution in [1.29, 1.82) is 0 Å². The zero-order valence-electron chi connectivity index (χ0n) is 13.5. The molecule has 0 aliphatic carbocycles. The van der Waals surface area contributed by atoms with Crippen LogP contribution in [-0.4, -0.2) is 22.0 Å². The monoisotopic (exact) mass is 348 g/mol. The third kappa shape index (κ3) is 2.97. The van der Waals surface area contributed by atoms with E-state index in [2.05, 4.69) is 20.3 Å². The molecule has 0 aliphatic rings. The number of rotatable bonds is 4. The highest BCUT2D eigenvalue weighted by atomic mass is 32.1. The van der Waals surface area contributed by atoms with Gasteiger partial charge >= 0.3 is 0 Å². The molecular formula is C18H16N6S. The first-order valence-electron chi connectivity index (χ1n) is 7.74. The third-order valence-corrected chi connectivity index (χ3v) is 4.80. The predicted molar refractivity (Wildman–Crippen MR) is 104 cm³/mol. The Morgan fingerprint density at radius 3 is 2.56 bits per heavy atom. The Morgan fingerprint density at radius 2 is 1.76 bits per heavy atom. The number of nitrogens with zero attached hydrogens (tertiary/aromatic N) is 4. The van der Waals surface area contributed by atoms with E-state index in [1.165, 1.54) is 6.33 Å². The van der Waals surface area contributed by atoms with Crippen molar-refractivity contribution in [2.45, 2.75) is 0 Å². The zero-order valence-corrected chi connectivity index (χ0v) is 14.4. The maximum atomic E-state index is 6.31. The second kappa shape index (κ2) is 6.37. The minimum atomic E-state index is 0.480. The lowest BCUT2D eigenvalue weighted by Gasteiger charge is -2.20. The fraction of sp³-hybridized carbons (Fsp3) is 0.0556. The Bertz CT molecular complexity index is 981. The van der Waals surface area contributed by atoms with Crippen LogP contribution in [0.15, 0.2) is 60.9 Å². The predicted octanol–water partition coefficient (Wildman–Crippen LogP) is 4.18. The minimum absolute atomic E-state index is 0.480. The molecule has 0 atom stereocenters. The average Bonchev–Trinajstić information content (AvgIpc) is 3.06. The van der Waals surface area contributed by atoms with Crippen molar-refractivity contribution in [1.82, 2.24) is 15.0 Å². The highest BCUT2D eigenvalue weighted by molar-refractivity contribution is 7.22. The molecule has 4 rings (SSSR count). The number of anilines is 5. The average molecular weight is 348 g/mol. The van der Waals surface area contributed by atoms with E-state index < -0.39 is 0 Å². The fourth-order valence-electron chi connectivity index (χ4n) is 2.55. The Kier molecular flexibility index (Phi) is 3.91. The molecule has 4 aromatic rings. The lowest BCUT2D eigenvalue weighted by atomic mass is 10.3. The summed E-state index contributed by atoms with van der Waals surface area (Å²) >= 11 is 1.56. The molecule has 0 radical (unpaired) electrons. The minimum Gasteiger partial charge on any atom is -0.393 e. The molecule has 0 amide bonds. The number of aromatic nitrogens is 3. The number of benzene rings is 2. The van der Waals surface area contributed by atoms with E-state index in [1.54, 1.807) is 11.3 Å². The van der Waals surface area contributed by atoms with Gasteiger partial charge in [-0.3, -0.25) is 0 Å². The molecule has 7 heteroatoms. The van der Waals surface area contributed by atoms with Crippen LogP contribution in [0.25, 0.3) is 10.2 Å². The van der Waals surface area contributed by atoms with Crippen LogP contribution in [0.2, 0.25) is 0 Å². The molecule has 2 aromatic carbocycles. The number of hydrogen-bond donors (Lipinski definition) is 2. The smallest absolute Gasteiger partial charge is 0.189 e. The van der Waals surface area contributed by atoms with Crippen molar-refractivity contribution in [2.24, 2.45) is 0 Å². The number of hydrogen-bond acceptors (Lipinski definition) is 7. The molecule has 3 N–H and O–H groups in total. The van der Waals surface area contributed by atoms with Crippen LogP contribution in [0, 0.1) is 0 Å². The van der Waals surface area contributed by atoms with Gasteiger partial charge in [0.25, 0.3) is 0 Å². The van der Waals surface area contributed by atoms with Crippen LogP contribution in [-0.2, 0) is 0 Å². The van der Waals surface area contributed by atoms with E-state index in [4.69, 9.17) is 5.73 Å². The molecule has 0 unspecified atom stereocenters. The van der Waals surface area contributed by atoms with Gasteiger partial charge in [0, 0.05) is 12.7 Å². The number of nitrogen functional groups attached to an aromatic ring is 1. The van der Waals surface area contributed by atoms with Gasteiger partial charge in [-0.05, 0) is 24.3 Å². The van der Waals surface area contributed by atoms with Gasteiger partial charge in [-0.2, -0.15) is 0 Å². The summed E-state index contributed by atoms with van der Waals surface area (Å²) in [4.78, 5) is 15.1. The Balaban J connectivity index is 1.67. The third-order valence-electron chi connectivity index (χ3n) is 3.84. The topological polar surface area (TPSA) is 80.0 Å². The van der Waals surface area contributed by atoms with E-state index in [9.17, 15) is 0 Å². The number of thiazole rings is 1. The SMILES string of the molecule is CN(c1ccccc1)c1ncnc(Nc2nc3ccccc3s2)c1N. The second-order valence-corrected chi connectivity index (χ2v) is 6.50. The highest BCUT2D eigenvalue weighted by Crippen LogP contribution is 2.33. The second-order valence-electron chi connectivity index (χ2n) is 5.47. The van der Waals surface area contributed by atoms with Gasteiger partial charge in [0.2, 0.25) is 0 Å². The molecule has 0 saturated heterocycles. The first-order valence-corrected chi connectivity index (χ1v) is 8.56. The van der Waals surface area contributed by atoms with Crippen LogP contribution in [0.1, 0.15) is 0 Å². The normalized spacial score (nSPS) is 10.8. The molecule has 0 saturated carbocycles. The fourth-order valence-corrected chi connectivity index (χ4v) is 3.42. The number of nitrogens with one attached hydrogen (secondary N) is 1. The molecule has 0 bridgehead atoms. The lowest BCUT2D eigenvalue weighted by Crippen LogP contribution is -2.14. The van der Waals surface area contributed by atoms with Crippen molar-refractivity contribution >= 4 is 49.7 Å². The maximum absolute atomic E-state index is 6.31. The van der Waals surface area contributed by atoms with Crippen LogP contribution < -0.4 is 16.0 Å². The van der Waals surface area contributed by atoms with Gasteiger partial charge in [0.05, 0.1) is 10.2 Å². The molecule has 25 heavy (non-hydrogen) atoms. The Morgan fingerprint density at radius 1 is 1.00 bits per heavy atom. The van der Waals surface area contributed by atoms with Crippen molar-refractivity contribution in [3.63, 3.8) is 0 Å². The maximum Gasteiger partial charge on any atom is 0.189 e. The van der Waals surface area contributed by atoms with Gasteiger partial charge in [-0.15, -0.1) is 0 Å². The molecule has 2 aromatic heterocycles. The summed E-state index contributed by atoms with van der Waals surface area (Å²) in [6.45, 7) is 0. The first-order chi connectivity index (χ1) is 12.2. The molecule has 6 nitrogen and oxygen atoms in total. The van der Waals surface area contributed by atoms with Gasteiger partial charge in [-0.1, -0.05) is 41.7 Å². The largest absolute Gasteiger partial charge is 0.393 e. The lowest BCUT2D eigenvalue weighted by molar-refractivity contribution is 1.09. The van der Waals surface area contributed by atoms with E-state index >= 15 is 0 Å². The summed E-state index contributed by atoms with van der Waals surface area (Å²) in [5.74, 6) is 1.19. The van der Waals surface area contributed by atoms with E-state index in [0.29, 0.717) is 17.3 Å². The molecule has 2 heterocycles. The first kappa shape index (κ1) is 15.3. The highest BCUT2D eigenvalue weighted by Gasteiger charge is 2.14. The quantitative estimate of drug-likeness (QED) is 0.576. The van der Waals surface area contributed by atoms with Crippen LogP contribution in [0.5, 0.6) is 0 Å². The molecular weight excluding hydrogens is 332 g/mol. The van der Waals surface area contributed by atoms with Crippen molar-refractivity contribution < 1.29 is 0 Å². The molecule has 124 valence electrons. The molecule has 0 spiro atoms. The summed E-state index contributed by atoms with van der Waals surface area (Å²) in [6.07, 6.45) is 1.50. The Hall–Kier alpha value is -3.19. The van der Waals surface area contributed by atoms with Gasteiger partial charge < -0.3 is 16.0 Å². The van der Waals surface area contributed by atoms with Crippen LogP contribution in [0.3, 0.4) is 0 Å². The Labute approximate surface area is 149 Å². The van der Waals surface area contributed by atoms with Crippen molar-refractivity contribution in [3.8, 4) is 0 Å². The van der Waals surface area contributed by atoms with Crippen molar-refractivity contribution in [2.75, 3.05) is 23.0 Å². The van der Waals surface area contributed by atoms with Gasteiger partial charge in [-0.25, -0.2) is 15.0 Å². The number of fused-ring (bicyclic) bond motifs is 1. The van der Waals surface area contributed by atoms with Crippen LogP contribution in [0.4, 0.5) is 28.1 Å². The van der Waals surface area contributed by atoms with Gasteiger partial charge in [0.15, 0.2) is 16.8 Å². The summed E-state index contributed by atoms with van der Waals surface area (Å²) in [6, 6.07) is 17.9. The van der Waals surface area contributed by atoms with E-state index in [1.807, 2.05) is 66.5 Å². The summed E-state index contributed by atoms with van der Waals surface area (Å²) in [7, 11) is 1.93. The summed E-state index contributed by atoms with van der Waals surface area (Å²) in [5, 5.41) is 3.96. The molecule has 0 aliphatic heterocycles. The van der Waals surface area contributed by atoms with Gasteiger partial charge in [0.1, 0.15) is 12.0 Å². The van der Waals surface area contributed by atoms with E-state index in [-0.39, 0.29) is 0 Å². The van der Waals surface area contributed by atoms with Crippen molar-refractivity contribution in [3.05, 3.63) is 60.9 Å². The molecule has 0 fully saturated rings. The standard InChI is InChI=1S/C18H16N6S/c1-24(12-7-3-2-4-8-12)17-15(19)16(20-11-21-17)23-18-22-13-9-5-6-10-14(13)25-18/h2-11H,19H2,1H3,(H,20,21,22,23). The zero-order chi connectivity index (χ0) is 17.2. The number of para-hydroxylation sites is 2. The number of nitrogens with two attached hydrogens (primary N) is 1. The summed E-state index contributed by atoms with van der Waals surface area (Å²) in [5.41, 5.74) is 8.74.